The third kappa shape index (κ3) is 17.5. The molecule has 113 heavy (non-hydrogen) atoms. The average Bonchev–Trinajstić information content (AvgIpc) is 1.62. The lowest BCUT2D eigenvalue weighted by atomic mass is 10.1. The van der Waals surface area contributed by atoms with Gasteiger partial charge in [-0.3, -0.25) is 0 Å². The van der Waals surface area contributed by atoms with Crippen molar-refractivity contribution in [1.82, 2.24) is 48.3 Å². The van der Waals surface area contributed by atoms with Crippen molar-refractivity contribution in [2.24, 2.45) is 0 Å². The van der Waals surface area contributed by atoms with Crippen LogP contribution in [0.3, 0.4) is 0 Å². The minimum absolute atomic E-state index is 0.0619. The van der Waals surface area contributed by atoms with Crippen molar-refractivity contribution in [3.63, 3.8) is 0 Å². The van der Waals surface area contributed by atoms with Gasteiger partial charge in [-0.15, -0.1) is 0 Å². The molecule has 1 N–H and O–H groups in total. The summed E-state index contributed by atoms with van der Waals surface area (Å²) in [6, 6.07) is 61.2. The van der Waals surface area contributed by atoms with Crippen molar-refractivity contribution < 1.29 is 43.0 Å². The third-order valence-corrected chi connectivity index (χ3v) is 21.1. The van der Waals surface area contributed by atoms with Gasteiger partial charge < -0.3 is 46.8 Å². The number of para-hydroxylation sites is 4. The summed E-state index contributed by atoms with van der Waals surface area (Å²) < 4.78 is 34.1. The van der Waals surface area contributed by atoms with Crippen LogP contribution in [0.2, 0.25) is 40.2 Å². The number of fused-ring (bicyclic) bond motifs is 12. The van der Waals surface area contributed by atoms with E-state index in [4.69, 9.17) is 121 Å². The highest BCUT2D eigenvalue weighted by molar-refractivity contribution is 6.35. The van der Waals surface area contributed by atoms with E-state index in [1.165, 1.54) is 0 Å². The van der Waals surface area contributed by atoms with Crippen LogP contribution in [0.1, 0.15) is 72.9 Å². The maximum Gasteiger partial charge on any atom is 0.357 e. The van der Waals surface area contributed by atoms with Gasteiger partial charge in [0, 0.05) is 139 Å². The molecular weight excluding hydrogens is 1600 g/mol. The second-order valence-corrected chi connectivity index (χ2v) is 29.3. The molecule has 27 heteroatoms. The Kier molecular flexibility index (Phi) is 24.9. The number of esters is 3. The summed E-state index contributed by atoms with van der Waals surface area (Å²) in [5, 5.41) is 25.9. The molecule has 0 spiro atoms. The molecule has 8 aromatic carbocycles. The van der Waals surface area contributed by atoms with Crippen LogP contribution in [-0.4, -0.2) is 112 Å². The molecule has 0 aliphatic carbocycles. The molecule has 0 radical (unpaired) electrons. The quantitative estimate of drug-likeness (QED) is 0.0452. The fourth-order valence-electron chi connectivity index (χ4n) is 13.4. The first-order valence-corrected chi connectivity index (χ1v) is 38.5. The lowest BCUT2D eigenvalue weighted by molar-refractivity contribution is 0.0380. The van der Waals surface area contributed by atoms with Crippen LogP contribution in [0, 0.1) is 6.92 Å². The van der Waals surface area contributed by atoms with Gasteiger partial charge in [-0.05, 0) is 157 Å². The van der Waals surface area contributed by atoms with E-state index in [0.717, 1.165) is 116 Å². The normalized spacial score (nSPS) is 11.3. The number of hydrogen-bond donors (Lipinski definition) is 1. The number of aryl methyl sites for hydroxylation is 1. The summed E-state index contributed by atoms with van der Waals surface area (Å²) in [6.45, 7) is 6.54. The molecule has 0 fully saturated rings. The first-order chi connectivity index (χ1) is 54.8. The minimum Gasteiger partial charge on any atom is -0.461 e. The molecule has 0 saturated heterocycles. The molecule has 9 heterocycles. The Balaban J connectivity index is 0.000000125. The minimum atomic E-state index is -0.564. The number of benzene rings is 8. The van der Waals surface area contributed by atoms with Crippen LogP contribution in [0.25, 0.3) is 98.8 Å². The zero-order valence-electron chi connectivity index (χ0n) is 60.6. The van der Waals surface area contributed by atoms with E-state index in [0.29, 0.717) is 103 Å². The van der Waals surface area contributed by atoms with E-state index in [2.05, 4.69) is 60.5 Å². The first-order valence-electron chi connectivity index (χ1n) is 35.5. The van der Waals surface area contributed by atoms with Gasteiger partial charge in [0.15, 0.2) is 5.82 Å². The summed E-state index contributed by atoms with van der Waals surface area (Å²) >= 11 is 50.2. The van der Waals surface area contributed by atoms with E-state index in [1.54, 1.807) is 93.3 Å². The molecule has 0 atom stereocenters. The SMILES string of the molecule is CCCOC(=O)c1cc2c3ccccc3n(Cc3cc(Cl)ccc3Cl)c2cn1.COCCOC(=O)c1cc2c3ccccc3n(Cc3cc(Cl)ccc3Cl)c2cn1.Cc1noc(-c2cc3c4ccccc4n(Cc4cc(Cl)ccc4Cl)c3cn2)n1.O=C(OCCO)c1cc2c3ccccc3n(Cc3cc(Cl)ccc3Cl)c2cn1. The summed E-state index contributed by atoms with van der Waals surface area (Å²) in [6.07, 6.45) is 7.68. The van der Waals surface area contributed by atoms with Gasteiger partial charge in [-0.25, -0.2) is 34.3 Å². The number of ether oxygens (including phenoxy) is 4. The summed E-state index contributed by atoms with van der Waals surface area (Å²) in [5.74, 6) is -0.452. The number of halogens is 8. The first kappa shape index (κ1) is 79.0. The van der Waals surface area contributed by atoms with Gasteiger partial charge in [0.05, 0.1) is 66.7 Å². The van der Waals surface area contributed by atoms with Gasteiger partial charge in [-0.2, -0.15) is 4.98 Å². The largest absolute Gasteiger partial charge is 0.461 e. The summed E-state index contributed by atoms with van der Waals surface area (Å²) in [5.41, 5.74) is 12.9. The van der Waals surface area contributed by atoms with Crippen LogP contribution in [0.5, 0.6) is 0 Å². The molecule has 0 bridgehead atoms. The van der Waals surface area contributed by atoms with Crippen molar-refractivity contribution in [3.8, 4) is 11.6 Å². The Morgan fingerprint density at radius 1 is 0.381 bits per heavy atom. The second-order valence-electron chi connectivity index (χ2n) is 26.0. The monoisotopic (exact) mass is 1660 g/mol. The van der Waals surface area contributed by atoms with Gasteiger partial charge in [0.25, 0.3) is 5.89 Å². The fraction of sp³-hybridized carbons (Fsp3) is 0.151. The second kappa shape index (κ2) is 35.6. The lowest BCUT2D eigenvalue weighted by Crippen LogP contribution is -2.11. The van der Waals surface area contributed by atoms with Crippen LogP contribution in [0.15, 0.2) is 223 Å². The van der Waals surface area contributed by atoms with Crippen molar-refractivity contribution in [3.05, 3.63) is 304 Å². The van der Waals surface area contributed by atoms with Crippen LogP contribution < -0.4 is 0 Å². The summed E-state index contributed by atoms with van der Waals surface area (Å²) in [4.78, 5) is 58.4. The van der Waals surface area contributed by atoms with E-state index in [-0.39, 0.29) is 31.2 Å². The zero-order chi connectivity index (χ0) is 79.0. The van der Waals surface area contributed by atoms with E-state index >= 15 is 0 Å². The number of nitrogens with zero attached hydrogens (tertiary/aromatic N) is 10. The molecule has 17 rings (SSSR count). The van der Waals surface area contributed by atoms with Crippen molar-refractivity contribution in [2.75, 3.05) is 40.1 Å². The number of methoxy groups -OCH3 is 1. The van der Waals surface area contributed by atoms with Crippen LogP contribution >= 0.6 is 92.8 Å². The zero-order valence-corrected chi connectivity index (χ0v) is 66.6. The topological polar surface area (TPSA) is 219 Å². The van der Waals surface area contributed by atoms with Crippen molar-refractivity contribution in [1.29, 1.82) is 0 Å². The maximum atomic E-state index is 12.3. The highest BCUT2D eigenvalue weighted by Gasteiger charge is 2.23. The Morgan fingerprint density at radius 2 is 0.699 bits per heavy atom. The smallest absolute Gasteiger partial charge is 0.357 e. The Morgan fingerprint density at radius 3 is 1.02 bits per heavy atom. The molecule has 0 amide bonds. The van der Waals surface area contributed by atoms with Crippen molar-refractivity contribution >= 4 is 198 Å². The van der Waals surface area contributed by atoms with Gasteiger partial charge in [-0.1, -0.05) is 178 Å². The van der Waals surface area contributed by atoms with Gasteiger partial charge >= 0.3 is 17.9 Å². The number of aromatic nitrogens is 10. The highest BCUT2D eigenvalue weighted by Crippen LogP contribution is 2.38. The molecule has 19 nitrogen and oxygen atoms in total. The standard InChI is InChI=1S/C22H18Cl2N2O3.C22H18Cl2N2O2.C21H14Cl2N4O.C21H16Cl2N2O3/c1-28-8-9-29-22(27)19-11-17-16-4-2-3-5-20(16)26(21(17)12-25-19)13-14-10-15(23)6-7-18(14)24;1-2-9-28-22(27)19-11-17-16-5-3-4-6-20(16)26(21(17)12-25-19)13-14-10-15(23)7-8-18(14)24;1-12-25-21(28-26-12)18-9-16-15-4-2-3-5-19(15)27(20(16)10-24-18)11-13-8-14(22)6-7-17(13)23;22-14-5-6-17(23)13(9-14)12-25-19-4-2-1-3-15(19)16-10-18(24-11-20(16)25)21(27)28-8-7-26/h2-7,10-12H,8-9,13H2,1H3;3-8,10-12H,2,9,13H2,1H3;2-10H,11H2,1H3;1-6,9-11,26H,7-8,12H2. The lowest BCUT2D eigenvalue weighted by Gasteiger charge is -2.10. The molecule has 570 valence electrons. The Bertz CT molecular complexity index is 6270. The maximum absolute atomic E-state index is 12.3. The highest BCUT2D eigenvalue weighted by atomic mass is 35.5. The molecule has 9 aromatic heterocycles. The molecule has 17 aromatic rings. The van der Waals surface area contributed by atoms with Crippen molar-refractivity contribution in [2.45, 2.75) is 46.4 Å². The number of aliphatic hydroxyl groups is 1. The van der Waals surface area contributed by atoms with E-state index in [9.17, 15) is 14.4 Å². The van der Waals surface area contributed by atoms with Crippen LogP contribution in [-0.2, 0) is 45.1 Å². The molecule has 0 saturated carbocycles. The van der Waals surface area contributed by atoms with E-state index in [1.807, 2.05) is 134 Å². The average molecular weight is 1670 g/mol. The van der Waals surface area contributed by atoms with Gasteiger partial charge in [0.1, 0.15) is 36.0 Å². The molecule has 0 aliphatic rings. The number of aliphatic hydroxyl groups excluding tert-OH is 1. The predicted molar refractivity (Wildman–Crippen MR) is 449 cm³/mol. The summed E-state index contributed by atoms with van der Waals surface area (Å²) in [7, 11) is 1.55. The molecule has 0 aliphatic heterocycles. The number of carbonyl (C=O) groups excluding carboxylic acids is 3. The number of rotatable bonds is 19. The number of carbonyl (C=O) groups is 3. The Hall–Kier alpha value is -10.7. The molecular formula is C86H66Cl8N10O9. The number of hydrogen-bond acceptors (Lipinski definition) is 15. The Labute approximate surface area is 686 Å². The van der Waals surface area contributed by atoms with Crippen LogP contribution in [0.4, 0.5) is 0 Å². The van der Waals surface area contributed by atoms with E-state index < -0.39 is 17.9 Å². The number of pyridine rings is 4. The van der Waals surface area contributed by atoms with Gasteiger partial charge in [0.2, 0.25) is 0 Å². The molecule has 0 unspecified atom stereocenters. The predicted octanol–water partition coefficient (Wildman–Crippen LogP) is 22.1. The fourth-order valence-corrected chi connectivity index (χ4v) is 14.9. The third-order valence-electron chi connectivity index (χ3n) is 18.6.